The highest BCUT2D eigenvalue weighted by Crippen LogP contribution is 2.50. The number of hydrogen-bond acceptors (Lipinski definition) is 8. The van der Waals surface area contributed by atoms with Crippen molar-refractivity contribution < 1.29 is 29.7 Å². The lowest BCUT2D eigenvalue weighted by Crippen LogP contribution is -2.61. The van der Waals surface area contributed by atoms with Crippen molar-refractivity contribution in [2.45, 2.75) is 37.3 Å². The minimum Gasteiger partial charge on any atom is -0.508 e. The SMILES string of the molecule is CN(C)[C@@H]1C(=O)C(C(N)=O)=C(O)[C@@]2(O)C=C3C(=O)c4c(ccc(C5=NC=CCC5)c4O)C[C@H]3CC12. The van der Waals surface area contributed by atoms with Crippen LogP contribution in [-0.2, 0) is 16.0 Å². The average molecular weight is 478 g/mol. The van der Waals surface area contributed by atoms with Crippen LogP contribution in [0.15, 0.2) is 52.4 Å². The third-order valence-corrected chi connectivity index (χ3v) is 7.65. The number of primary amides is 1. The number of rotatable bonds is 3. The van der Waals surface area contributed by atoms with Gasteiger partial charge in [-0.3, -0.25) is 24.3 Å². The lowest BCUT2D eigenvalue weighted by atomic mass is 9.60. The Balaban J connectivity index is 1.66. The number of phenols is 1. The van der Waals surface area contributed by atoms with E-state index in [1.165, 1.54) is 6.08 Å². The third kappa shape index (κ3) is 3.30. The molecule has 3 aliphatic carbocycles. The lowest BCUT2D eigenvalue weighted by molar-refractivity contribution is -0.133. The van der Waals surface area contributed by atoms with Gasteiger partial charge in [-0.05, 0) is 63.4 Å². The first-order valence-electron chi connectivity index (χ1n) is 11.6. The highest BCUT2D eigenvalue weighted by Gasteiger charge is 2.58. The molecular formula is C26H27N3O6. The highest BCUT2D eigenvalue weighted by molar-refractivity contribution is 6.22. The molecule has 0 fully saturated rings. The van der Waals surface area contributed by atoms with Crippen LogP contribution < -0.4 is 5.73 Å². The van der Waals surface area contributed by atoms with Crippen LogP contribution in [0.2, 0.25) is 0 Å². The first kappa shape index (κ1) is 23.2. The van der Waals surface area contributed by atoms with Crippen LogP contribution in [-0.4, -0.2) is 69.1 Å². The van der Waals surface area contributed by atoms with Crippen molar-refractivity contribution >= 4 is 23.2 Å². The molecule has 182 valence electrons. The zero-order valence-electron chi connectivity index (χ0n) is 19.5. The van der Waals surface area contributed by atoms with Gasteiger partial charge in [0.25, 0.3) is 5.91 Å². The molecule has 1 aliphatic heterocycles. The predicted octanol–water partition coefficient (Wildman–Crippen LogP) is 1.33. The number of benzene rings is 1. The van der Waals surface area contributed by atoms with Crippen LogP contribution in [0.4, 0.5) is 0 Å². The van der Waals surface area contributed by atoms with Crippen molar-refractivity contribution in [2.75, 3.05) is 14.1 Å². The number of ketones is 2. The molecule has 1 unspecified atom stereocenters. The van der Waals surface area contributed by atoms with Gasteiger partial charge in [-0.15, -0.1) is 0 Å². The Morgan fingerprint density at radius 3 is 2.60 bits per heavy atom. The van der Waals surface area contributed by atoms with Crippen LogP contribution in [0, 0.1) is 11.8 Å². The molecule has 5 rings (SSSR count). The molecule has 0 saturated heterocycles. The molecule has 9 nitrogen and oxygen atoms in total. The fourth-order valence-corrected chi connectivity index (χ4v) is 6.02. The number of aliphatic hydroxyl groups excluding tert-OH is 1. The highest BCUT2D eigenvalue weighted by atomic mass is 16.3. The number of amides is 1. The van der Waals surface area contributed by atoms with Crippen LogP contribution in [0.3, 0.4) is 0 Å². The van der Waals surface area contributed by atoms with Gasteiger partial charge in [-0.2, -0.15) is 0 Å². The smallest absolute Gasteiger partial charge is 0.255 e. The normalized spacial score (nSPS) is 29.9. The molecule has 1 aromatic carbocycles. The Labute approximate surface area is 202 Å². The van der Waals surface area contributed by atoms with E-state index in [2.05, 4.69) is 4.99 Å². The molecule has 1 aromatic rings. The van der Waals surface area contributed by atoms with Gasteiger partial charge in [0.2, 0.25) is 0 Å². The number of hydrogen-bond donors (Lipinski definition) is 4. The van der Waals surface area contributed by atoms with E-state index >= 15 is 0 Å². The number of allylic oxidation sites excluding steroid dienone is 2. The zero-order valence-corrected chi connectivity index (χ0v) is 19.5. The van der Waals surface area contributed by atoms with E-state index in [4.69, 9.17) is 5.73 Å². The van der Waals surface area contributed by atoms with Gasteiger partial charge in [-0.1, -0.05) is 12.1 Å². The zero-order chi connectivity index (χ0) is 25.2. The Morgan fingerprint density at radius 2 is 1.97 bits per heavy atom. The predicted molar refractivity (Wildman–Crippen MR) is 127 cm³/mol. The Kier molecular flexibility index (Phi) is 5.30. The summed E-state index contributed by atoms with van der Waals surface area (Å²) < 4.78 is 0. The monoisotopic (exact) mass is 477 g/mol. The summed E-state index contributed by atoms with van der Waals surface area (Å²) >= 11 is 0. The van der Waals surface area contributed by atoms with Crippen molar-refractivity contribution in [3.05, 3.63) is 64.1 Å². The van der Waals surface area contributed by atoms with E-state index in [-0.39, 0.29) is 29.2 Å². The summed E-state index contributed by atoms with van der Waals surface area (Å²) in [5.41, 5.74) is 4.83. The average Bonchev–Trinajstić information content (AvgIpc) is 2.80. The van der Waals surface area contributed by atoms with Gasteiger partial charge >= 0.3 is 0 Å². The van der Waals surface area contributed by atoms with Gasteiger partial charge in [0.1, 0.15) is 22.7 Å². The topological polar surface area (TPSA) is 154 Å². The Bertz CT molecular complexity index is 1300. The number of carbonyl (C=O) groups is 3. The van der Waals surface area contributed by atoms with Crippen LogP contribution >= 0.6 is 0 Å². The molecular weight excluding hydrogens is 450 g/mol. The second-order valence-corrected chi connectivity index (χ2v) is 9.85. The second-order valence-electron chi connectivity index (χ2n) is 9.85. The number of aliphatic hydroxyl groups is 2. The molecule has 35 heavy (non-hydrogen) atoms. The summed E-state index contributed by atoms with van der Waals surface area (Å²) in [5.74, 6) is -4.37. The summed E-state index contributed by atoms with van der Waals surface area (Å²) in [6, 6.07) is 2.67. The summed E-state index contributed by atoms with van der Waals surface area (Å²) in [6.45, 7) is 0. The molecule has 5 N–H and O–H groups in total. The largest absolute Gasteiger partial charge is 0.508 e. The second kappa shape index (κ2) is 8.00. The first-order valence-corrected chi connectivity index (χ1v) is 11.6. The number of nitrogens with zero attached hydrogens (tertiary/aromatic N) is 2. The summed E-state index contributed by atoms with van der Waals surface area (Å²) in [7, 11) is 3.29. The number of aliphatic imine (C=N–C) groups is 1. The Hall–Kier alpha value is -3.56. The van der Waals surface area contributed by atoms with E-state index in [9.17, 15) is 29.7 Å². The van der Waals surface area contributed by atoms with Crippen molar-refractivity contribution in [1.29, 1.82) is 0 Å². The van der Waals surface area contributed by atoms with E-state index < -0.39 is 46.4 Å². The van der Waals surface area contributed by atoms with Crippen LogP contribution in [0.1, 0.15) is 40.7 Å². The van der Waals surface area contributed by atoms with Crippen molar-refractivity contribution in [3.63, 3.8) is 0 Å². The maximum absolute atomic E-state index is 13.7. The Morgan fingerprint density at radius 1 is 1.23 bits per heavy atom. The van der Waals surface area contributed by atoms with E-state index in [0.29, 0.717) is 29.7 Å². The molecule has 9 heteroatoms. The molecule has 1 heterocycles. The van der Waals surface area contributed by atoms with E-state index in [0.717, 1.165) is 6.42 Å². The van der Waals surface area contributed by atoms with Gasteiger partial charge in [-0.25, -0.2) is 0 Å². The number of Topliss-reactive ketones (excluding diaryl/α,β-unsaturated/α-hetero) is 2. The van der Waals surface area contributed by atoms with Gasteiger partial charge < -0.3 is 21.1 Å². The number of nitrogens with two attached hydrogens (primary N) is 1. The van der Waals surface area contributed by atoms with Crippen molar-refractivity contribution in [2.24, 2.45) is 22.6 Å². The summed E-state index contributed by atoms with van der Waals surface area (Å²) in [4.78, 5) is 44.7. The minimum absolute atomic E-state index is 0.152. The maximum Gasteiger partial charge on any atom is 0.255 e. The van der Waals surface area contributed by atoms with Gasteiger partial charge in [0.05, 0.1) is 17.3 Å². The summed E-state index contributed by atoms with van der Waals surface area (Å²) in [6.07, 6.45) is 6.91. The number of carbonyl (C=O) groups excluding carboxylic acids is 3. The number of aromatic hydroxyl groups is 1. The lowest BCUT2D eigenvalue weighted by Gasteiger charge is -2.49. The molecule has 0 spiro atoms. The molecule has 4 atom stereocenters. The third-order valence-electron chi connectivity index (χ3n) is 7.65. The number of fused-ring (bicyclic) bond motifs is 3. The van der Waals surface area contributed by atoms with Gasteiger partial charge in [0.15, 0.2) is 11.6 Å². The first-order chi connectivity index (χ1) is 16.6. The molecule has 0 bridgehead atoms. The number of phenolic OH excluding ortho intramolecular Hbond substituents is 1. The fraction of sp³-hybridized carbons (Fsp3) is 0.385. The minimum atomic E-state index is -2.13. The maximum atomic E-state index is 13.7. The molecule has 1 amide bonds. The van der Waals surface area contributed by atoms with Crippen molar-refractivity contribution in [3.8, 4) is 5.75 Å². The standard InChI is InChI=1S/C26H27N3O6/c1-29(2)20-16-10-13-9-12-6-7-14(17-5-3-4-8-28-17)21(30)18(12)22(31)15(13)11-26(16,35)24(33)19(23(20)32)25(27)34/h4,6-8,11,13,16,20,30,33,35H,3,5,9-10H2,1-2H3,(H2,27,34)/t13-,16?,20-,26+/m0/s1. The van der Waals surface area contributed by atoms with Crippen LogP contribution in [0.25, 0.3) is 0 Å². The fourth-order valence-electron chi connectivity index (χ4n) is 6.02. The molecule has 0 aromatic heterocycles. The van der Waals surface area contributed by atoms with Crippen molar-refractivity contribution in [1.82, 2.24) is 4.90 Å². The number of likely N-dealkylation sites (N-methyl/N-ethyl adjacent to an activating group) is 1. The van der Waals surface area contributed by atoms with Gasteiger partial charge in [0, 0.05) is 23.3 Å². The van der Waals surface area contributed by atoms with E-state index in [1.54, 1.807) is 31.3 Å². The molecule has 0 radical (unpaired) electrons. The summed E-state index contributed by atoms with van der Waals surface area (Å²) in [5, 5.41) is 33.6. The molecule has 4 aliphatic rings. The quantitative estimate of drug-likeness (QED) is 0.479. The van der Waals surface area contributed by atoms with E-state index in [1.807, 2.05) is 12.1 Å². The molecule has 0 saturated carbocycles. The van der Waals surface area contributed by atoms with Crippen LogP contribution in [0.5, 0.6) is 5.75 Å².